The molecule has 3 heteroatoms. The number of pyridine rings is 1. The van der Waals surface area contributed by atoms with Gasteiger partial charge in [0.1, 0.15) is 0 Å². The van der Waals surface area contributed by atoms with Crippen LogP contribution in [0.5, 0.6) is 0 Å². The largest absolute Gasteiger partial charge is 0.392 e. The quantitative estimate of drug-likeness (QED) is 0.740. The number of rotatable bonds is 1. The lowest BCUT2D eigenvalue weighted by Crippen LogP contribution is -2.08. The molecule has 1 aromatic heterocycles. The minimum absolute atomic E-state index is 0.0298. The van der Waals surface area contributed by atoms with E-state index < -0.39 is 0 Å². The Morgan fingerprint density at radius 3 is 2.73 bits per heavy atom. The molecule has 0 aliphatic carbocycles. The number of nitrogens with one attached hydrogen (secondary N) is 1. The van der Waals surface area contributed by atoms with E-state index in [-0.39, 0.29) is 12.0 Å². The van der Waals surface area contributed by atoms with Crippen LogP contribution in [-0.2, 0) is 6.61 Å². The standard InChI is InChI=1S/C12H13NO2/c1-7-3-9(6-14)11-10(4-7)12(15)8(2)5-13-11/h3-5,14H,6H2,1-2H3,(H,13,15). The van der Waals surface area contributed by atoms with Gasteiger partial charge < -0.3 is 10.1 Å². The maximum absolute atomic E-state index is 11.8. The Morgan fingerprint density at radius 1 is 1.33 bits per heavy atom. The number of aliphatic hydroxyl groups excluding tert-OH is 1. The average molecular weight is 203 g/mol. The highest BCUT2D eigenvalue weighted by Gasteiger charge is 2.06. The van der Waals surface area contributed by atoms with Gasteiger partial charge in [0.15, 0.2) is 5.43 Å². The fraction of sp³-hybridized carbons (Fsp3) is 0.250. The van der Waals surface area contributed by atoms with Gasteiger partial charge in [-0.3, -0.25) is 4.79 Å². The van der Waals surface area contributed by atoms with E-state index in [0.29, 0.717) is 10.9 Å². The summed E-state index contributed by atoms with van der Waals surface area (Å²) in [7, 11) is 0. The number of fused-ring (bicyclic) bond motifs is 1. The summed E-state index contributed by atoms with van der Waals surface area (Å²) in [6.45, 7) is 3.64. The highest BCUT2D eigenvalue weighted by molar-refractivity contribution is 5.82. The van der Waals surface area contributed by atoms with Crippen molar-refractivity contribution in [1.29, 1.82) is 0 Å². The van der Waals surface area contributed by atoms with Crippen LogP contribution in [0.15, 0.2) is 23.1 Å². The molecule has 0 amide bonds. The zero-order valence-corrected chi connectivity index (χ0v) is 8.79. The molecule has 0 atom stereocenters. The van der Waals surface area contributed by atoms with Gasteiger partial charge in [0, 0.05) is 22.7 Å². The topological polar surface area (TPSA) is 53.1 Å². The smallest absolute Gasteiger partial charge is 0.192 e. The van der Waals surface area contributed by atoms with Crippen LogP contribution in [0.3, 0.4) is 0 Å². The molecule has 1 heterocycles. The van der Waals surface area contributed by atoms with Gasteiger partial charge in [0.25, 0.3) is 0 Å². The van der Waals surface area contributed by atoms with E-state index in [9.17, 15) is 9.90 Å². The van der Waals surface area contributed by atoms with Gasteiger partial charge >= 0.3 is 0 Å². The molecule has 0 unspecified atom stereocenters. The second kappa shape index (κ2) is 3.51. The van der Waals surface area contributed by atoms with Crippen molar-refractivity contribution in [3.05, 3.63) is 45.2 Å². The van der Waals surface area contributed by atoms with Gasteiger partial charge in [-0.05, 0) is 25.5 Å². The van der Waals surface area contributed by atoms with Crippen LogP contribution in [0.1, 0.15) is 16.7 Å². The molecule has 2 aromatic rings. The van der Waals surface area contributed by atoms with Gasteiger partial charge in [-0.15, -0.1) is 0 Å². The van der Waals surface area contributed by atoms with E-state index >= 15 is 0 Å². The molecule has 0 saturated carbocycles. The zero-order chi connectivity index (χ0) is 11.0. The molecule has 2 N–H and O–H groups in total. The molecule has 3 nitrogen and oxygen atoms in total. The Hall–Kier alpha value is -1.61. The molecule has 0 spiro atoms. The first-order valence-corrected chi connectivity index (χ1v) is 4.86. The SMILES string of the molecule is Cc1cc(CO)c2[nH]cc(C)c(=O)c2c1. The highest BCUT2D eigenvalue weighted by Crippen LogP contribution is 2.16. The molecule has 0 aliphatic rings. The summed E-state index contributed by atoms with van der Waals surface area (Å²) in [6, 6.07) is 3.73. The third-order valence-electron chi connectivity index (χ3n) is 2.57. The van der Waals surface area contributed by atoms with Crippen LogP contribution in [-0.4, -0.2) is 10.1 Å². The van der Waals surface area contributed by atoms with E-state index in [0.717, 1.165) is 16.6 Å². The van der Waals surface area contributed by atoms with Crippen molar-refractivity contribution in [2.24, 2.45) is 0 Å². The summed E-state index contributed by atoms with van der Waals surface area (Å²) in [4.78, 5) is 14.9. The van der Waals surface area contributed by atoms with Crippen molar-refractivity contribution in [3.63, 3.8) is 0 Å². The molecular weight excluding hydrogens is 190 g/mol. The number of H-pyrrole nitrogens is 1. The third kappa shape index (κ3) is 1.55. The van der Waals surface area contributed by atoms with Gasteiger partial charge in [0.05, 0.1) is 12.1 Å². The van der Waals surface area contributed by atoms with Crippen molar-refractivity contribution in [3.8, 4) is 0 Å². The fourth-order valence-electron chi connectivity index (χ4n) is 1.79. The van der Waals surface area contributed by atoms with Crippen molar-refractivity contribution in [2.75, 3.05) is 0 Å². The number of hydrogen-bond donors (Lipinski definition) is 2. The summed E-state index contributed by atoms with van der Waals surface area (Å²) >= 11 is 0. The molecule has 0 aliphatic heterocycles. The number of aryl methyl sites for hydroxylation is 2. The molecule has 1 aromatic carbocycles. The van der Waals surface area contributed by atoms with Crippen LogP contribution < -0.4 is 5.43 Å². The maximum atomic E-state index is 11.8. The first kappa shape index (κ1) is 9.93. The van der Waals surface area contributed by atoms with E-state index in [1.165, 1.54) is 0 Å². The lowest BCUT2D eigenvalue weighted by atomic mass is 10.0. The summed E-state index contributed by atoms with van der Waals surface area (Å²) in [5, 5.41) is 9.85. The Bertz CT molecular complexity index is 570. The van der Waals surface area contributed by atoms with Crippen LogP contribution in [0.2, 0.25) is 0 Å². The maximum Gasteiger partial charge on any atom is 0.192 e. The monoisotopic (exact) mass is 203 g/mol. The fourth-order valence-corrected chi connectivity index (χ4v) is 1.79. The van der Waals surface area contributed by atoms with Gasteiger partial charge in [-0.2, -0.15) is 0 Å². The number of hydrogen-bond acceptors (Lipinski definition) is 2. The predicted molar refractivity (Wildman–Crippen MR) is 60.0 cm³/mol. The third-order valence-corrected chi connectivity index (χ3v) is 2.57. The Kier molecular flexibility index (Phi) is 2.32. The van der Waals surface area contributed by atoms with Crippen LogP contribution in [0.25, 0.3) is 10.9 Å². The zero-order valence-electron chi connectivity index (χ0n) is 8.79. The Labute approximate surface area is 87.4 Å². The average Bonchev–Trinajstić information content (AvgIpc) is 2.23. The van der Waals surface area contributed by atoms with Crippen LogP contribution >= 0.6 is 0 Å². The molecule has 0 radical (unpaired) electrons. The van der Waals surface area contributed by atoms with E-state index in [1.54, 1.807) is 13.1 Å². The lowest BCUT2D eigenvalue weighted by Gasteiger charge is -2.06. The summed E-state index contributed by atoms with van der Waals surface area (Å²) < 4.78 is 0. The number of aromatic amines is 1. The normalized spacial score (nSPS) is 10.9. The first-order valence-electron chi connectivity index (χ1n) is 4.86. The molecule has 2 rings (SSSR count). The first-order chi connectivity index (χ1) is 7.13. The minimum Gasteiger partial charge on any atom is -0.392 e. The number of benzene rings is 1. The van der Waals surface area contributed by atoms with E-state index in [2.05, 4.69) is 4.98 Å². The highest BCUT2D eigenvalue weighted by atomic mass is 16.3. The molecule has 0 saturated heterocycles. The second-order valence-electron chi connectivity index (χ2n) is 3.81. The number of aromatic nitrogens is 1. The van der Waals surface area contributed by atoms with Crippen LogP contribution in [0, 0.1) is 13.8 Å². The van der Waals surface area contributed by atoms with E-state index in [4.69, 9.17) is 0 Å². The van der Waals surface area contributed by atoms with Gasteiger partial charge in [0.2, 0.25) is 0 Å². The van der Waals surface area contributed by atoms with Crippen molar-refractivity contribution >= 4 is 10.9 Å². The van der Waals surface area contributed by atoms with E-state index in [1.807, 2.05) is 19.1 Å². The lowest BCUT2D eigenvalue weighted by molar-refractivity contribution is 0.283. The van der Waals surface area contributed by atoms with Crippen LogP contribution in [0.4, 0.5) is 0 Å². The number of aliphatic hydroxyl groups is 1. The van der Waals surface area contributed by atoms with Crippen molar-refractivity contribution < 1.29 is 5.11 Å². The Balaban J connectivity index is 2.96. The van der Waals surface area contributed by atoms with Crippen molar-refractivity contribution in [1.82, 2.24) is 4.98 Å². The molecule has 15 heavy (non-hydrogen) atoms. The summed E-state index contributed by atoms with van der Waals surface area (Å²) in [5.74, 6) is 0. The minimum atomic E-state index is -0.0584. The van der Waals surface area contributed by atoms with Gasteiger partial charge in [-0.1, -0.05) is 6.07 Å². The predicted octanol–water partition coefficient (Wildman–Crippen LogP) is 1.64. The molecular formula is C12H13NO2. The molecule has 0 fully saturated rings. The summed E-state index contributed by atoms with van der Waals surface area (Å²) in [5.41, 5.74) is 3.21. The Morgan fingerprint density at radius 2 is 2.07 bits per heavy atom. The second-order valence-corrected chi connectivity index (χ2v) is 3.81. The molecule has 78 valence electrons. The molecule has 0 bridgehead atoms. The van der Waals surface area contributed by atoms with Crippen molar-refractivity contribution in [2.45, 2.75) is 20.5 Å². The summed E-state index contributed by atoms with van der Waals surface area (Å²) in [6.07, 6.45) is 1.68. The van der Waals surface area contributed by atoms with Gasteiger partial charge in [-0.25, -0.2) is 0 Å².